The van der Waals surface area contributed by atoms with Crippen molar-refractivity contribution in [3.63, 3.8) is 0 Å². The van der Waals surface area contributed by atoms with Crippen molar-refractivity contribution in [1.82, 2.24) is 4.57 Å². The van der Waals surface area contributed by atoms with E-state index in [0.717, 1.165) is 28.0 Å². The Bertz CT molecular complexity index is 930. The zero-order chi connectivity index (χ0) is 16.6. The Morgan fingerprint density at radius 1 is 1.13 bits per heavy atom. The number of hydrogen-bond acceptors (Lipinski definition) is 2. The highest BCUT2D eigenvalue weighted by molar-refractivity contribution is 5.94. The molecule has 0 N–H and O–H groups in total. The summed E-state index contributed by atoms with van der Waals surface area (Å²) in [4.78, 5) is 13.2. The SMILES string of the molecule is CC(=O)N(C)c1ccc2c(c1)cc(C)n2-c1ccc(C#N)cc1. The third-order valence-electron chi connectivity index (χ3n) is 4.08. The van der Waals surface area contributed by atoms with Gasteiger partial charge in [-0.3, -0.25) is 4.79 Å². The molecule has 1 amide bonds. The summed E-state index contributed by atoms with van der Waals surface area (Å²) < 4.78 is 2.15. The van der Waals surface area contributed by atoms with Gasteiger partial charge in [0.2, 0.25) is 5.91 Å². The van der Waals surface area contributed by atoms with Crippen molar-refractivity contribution in [1.29, 1.82) is 5.26 Å². The monoisotopic (exact) mass is 303 g/mol. The molecule has 0 unspecified atom stereocenters. The fraction of sp³-hybridized carbons (Fsp3) is 0.158. The number of anilines is 1. The first-order valence-corrected chi connectivity index (χ1v) is 7.38. The van der Waals surface area contributed by atoms with Gasteiger partial charge in [-0.15, -0.1) is 0 Å². The first-order chi connectivity index (χ1) is 11.0. The molecule has 0 aliphatic heterocycles. The van der Waals surface area contributed by atoms with Crippen LogP contribution >= 0.6 is 0 Å². The van der Waals surface area contributed by atoms with Crippen LogP contribution in [0.1, 0.15) is 18.2 Å². The topological polar surface area (TPSA) is 49.0 Å². The lowest BCUT2D eigenvalue weighted by Gasteiger charge is -2.15. The molecule has 1 heterocycles. The quantitative estimate of drug-likeness (QED) is 0.723. The maximum atomic E-state index is 11.5. The molecule has 3 aromatic rings. The van der Waals surface area contributed by atoms with Gasteiger partial charge in [0.15, 0.2) is 0 Å². The number of amides is 1. The number of carbonyl (C=O) groups is 1. The zero-order valence-electron chi connectivity index (χ0n) is 13.4. The van der Waals surface area contributed by atoms with E-state index in [-0.39, 0.29) is 5.91 Å². The molecule has 0 aliphatic carbocycles. The zero-order valence-corrected chi connectivity index (χ0v) is 13.4. The molecule has 2 aromatic carbocycles. The number of rotatable bonds is 2. The van der Waals surface area contributed by atoms with Crippen LogP contribution in [0.5, 0.6) is 0 Å². The normalized spacial score (nSPS) is 10.5. The maximum absolute atomic E-state index is 11.5. The number of hydrogen-bond donors (Lipinski definition) is 0. The Morgan fingerprint density at radius 2 is 1.83 bits per heavy atom. The van der Waals surface area contributed by atoms with Crippen LogP contribution in [-0.2, 0) is 4.79 Å². The van der Waals surface area contributed by atoms with Crippen LogP contribution in [0.15, 0.2) is 48.5 Å². The van der Waals surface area contributed by atoms with Gasteiger partial charge in [0.25, 0.3) is 0 Å². The molecular weight excluding hydrogens is 286 g/mol. The summed E-state index contributed by atoms with van der Waals surface area (Å²) >= 11 is 0. The summed E-state index contributed by atoms with van der Waals surface area (Å²) in [5, 5.41) is 10.0. The average Bonchev–Trinajstić information content (AvgIpc) is 2.89. The number of aryl methyl sites for hydroxylation is 1. The summed E-state index contributed by atoms with van der Waals surface area (Å²) in [6.07, 6.45) is 0. The van der Waals surface area contributed by atoms with Gasteiger partial charge in [-0.05, 0) is 55.5 Å². The van der Waals surface area contributed by atoms with Gasteiger partial charge in [0.05, 0.1) is 17.1 Å². The lowest BCUT2D eigenvalue weighted by molar-refractivity contribution is -0.116. The maximum Gasteiger partial charge on any atom is 0.223 e. The number of nitriles is 1. The van der Waals surface area contributed by atoms with Gasteiger partial charge in [0, 0.05) is 36.4 Å². The second-order valence-corrected chi connectivity index (χ2v) is 5.60. The lowest BCUT2D eigenvalue weighted by Crippen LogP contribution is -2.22. The van der Waals surface area contributed by atoms with Crippen molar-refractivity contribution in [2.75, 3.05) is 11.9 Å². The Balaban J connectivity index is 2.13. The number of carbonyl (C=O) groups excluding carboxylic acids is 1. The van der Waals surface area contributed by atoms with Gasteiger partial charge >= 0.3 is 0 Å². The molecule has 4 nitrogen and oxygen atoms in total. The van der Waals surface area contributed by atoms with Crippen LogP contribution in [0.4, 0.5) is 5.69 Å². The van der Waals surface area contributed by atoms with Crippen molar-refractivity contribution >= 4 is 22.5 Å². The van der Waals surface area contributed by atoms with Gasteiger partial charge in [-0.1, -0.05) is 0 Å². The summed E-state index contributed by atoms with van der Waals surface area (Å²) in [5.74, 6) is 0.00703. The van der Waals surface area contributed by atoms with E-state index in [9.17, 15) is 4.79 Å². The van der Waals surface area contributed by atoms with Crippen LogP contribution < -0.4 is 4.90 Å². The average molecular weight is 303 g/mol. The first kappa shape index (κ1) is 14.9. The molecule has 0 atom stereocenters. The van der Waals surface area contributed by atoms with E-state index in [1.54, 1.807) is 18.9 Å². The Kier molecular flexibility index (Phi) is 3.63. The number of aromatic nitrogens is 1. The fourth-order valence-corrected chi connectivity index (χ4v) is 2.76. The Morgan fingerprint density at radius 3 is 2.43 bits per heavy atom. The summed E-state index contributed by atoms with van der Waals surface area (Å²) in [5.41, 5.74) is 4.72. The molecule has 1 aromatic heterocycles. The molecule has 4 heteroatoms. The van der Waals surface area contributed by atoms with Crippen LogP contribution in [0.3, 0.4) is 0 Å². The molecule has 0 aliphatic rings. The molecular formula is C19H17N3O. The second-order valence-electron chi connectivity index (χ2n) is 5.60. The molecule has 114 valence electrons. The largest absolute Gasteiger partial charge is 0.316 e. The number of nitrogens with zero attached hydrogens (tertiary/aromatic N) is 3. The van der Waals surface area contributed by atoms with E-state index in [4.69, 9.17) is 5.26 Å². The predicted molar refractivity (Wildman–Crippen MR) is 91.8 cm³/mol. The Hall–Kier alpha value is -3.06. The highest BCUT2D eigenvalue weighted by atomic mass is 16.2. The summed E-state index contributed by atoms with van der Waals surface area (Å²) in [6.45, 7) is 3.60. The standard InChI is InChI=1S/C19H17N3O/c1-13-10-16-11-18(21(3)14(2)23)8-9-19(16)22(13)17-6-4-15(12-20)5-7-17/h4-11H,1-3H3. The molecule has 0 saturated heterocycles. The minimum atomic E-state index is 0.00703. The minimum Gasteiger partial charge on any atom is -0.316 e. The van der Waals surface area contributed by atoms with E-state index in [1.165, 1.54) is 0 Å². The van der Waals surface area contributed by atoms with Crippen LogP contribution in [-0.4, -0.2) is 17.5 Å². The molecule has 0 spiro atoms. The van der Waals surface area contributed by atoms with E-state index in [0.29, 0.717) is 5.56 Å². The van der Waals surface area contributed by atoms with E-state index in [1.807, 2.05) is 49.4 Å². The van der Waals surface area contributed by atoms with Crippen LogP contribution in [0.25, 0.3) is 16.6 Å². The van der Waals surface area contributed by atoms with E-state index >= 15 is 0 Å². The van der Waals surface area contributed by atoms with Gasteiger partial charge in [0.1, 0.15) is 0 Å². The smallest absolute Gasteiger partial charge is 0.223 e. The third-order valence-corrected chi connectivity index (χ3v) is 4.08. The summed E-state index contributed by atoms with van der Waals surface area (Å²) in [7, 11) is 1.77. The van der Waals surface area contributed by atoms with Crippen molar-refractivity contribution < 1.29 is 4.79 Å². The minimum absolute atomic E-state index is 0.00703. The first-order valence-electron chi connectivity index (χ1n) is 7.38. The second kappa shape index (κ2) is 5.62. The molecule has 0 radical (unpaired) electrons. The molecule has 23 heavy (non-hydrogen) atoms. The lowest BCUT2D eigenvalue weighted by atomic mass is 10.2. The van der Waals surface area contributed by atoms with Gasteiger partial charge in [-0.25, -0.2) is 0 Å². The van der Waals surface area contributed by atoms with Gasteiger partial charge in [-0.2, -0.15) is 5.26 Å². The van der Waals surface area contributed by atoms with E-state index < -0.39 is 0 Å². The van der Waals surface area contributed by atoms with Crippen molar-refractivity contribution in [3.05, 3.63) is 59.8 Å². The molecule has 3 rings (SSSR count). The highest BCUT2D eigenvalue weighted by Gasteiger charge is 2.11. The van der Waals surface area contributed by atoms with Crippen molar-refractivity contribution in [3.8, 4) is 11.8 Å². The Labute approximate surface area is 135 Å². The highest BCUT2D eigenvalue weighted by Crippen LogP contribution is 2.28. The van der Waals surface area contributed by atoms with Crippen LogP contribution in [0.2, 0.25) is 0 Å². The molecule has 0 saturated carbocycles. The number of benzene rings is 2. The molecule has 0 bridgehead atoms. The van der Waals surface area contributed by atoms with Crippen molar-refractivity contribution in [2.45, 2.75) is 13.8 Å². The summed E-state index contributed by atoms with van der Waals surface area (Å²) in [6, 6.07) is 17.8. The van der Waals surface area contributed by atoms with Crippen LogP contribution in [0, 0.1) is 18.3 Å². The van der Waals surface area contributed by atoms with Crippen molar-refractivity contribution in [2.24, 2.45) is 0 Å². The predicted octanol–water partition coefficient (Wildman–Crippen LogP) is 3.79. The van der Waals surface area contributed by atoms with Gasteiger partial charge < -0.3 is 9.47 Å². The molecule has 0 fully saturated rings. The van der Waals surface area contributed by atoms with E-state index in [2.05, 4.69) is 16.7 Å². The number of fused-ring (bicyclic) bond motifs is 1. The third kappa shape index (κ3) is 2.58. The fourth-order valence-electron chi connectivity index (χ4n) is 2.76.